The molecule has 0 bridgehead atoms. The number of carbonyl (C=O) groups excluding carboxylic acids is 1. The first-order valence-corrected chi connectivity index (χ1v) is 11.1. The molecule has 0 aliphatic carbocycles. The van der Waals surface area contributed by atoms with E-state index in [0.717, 1.165) is 44.5 Å². The van der Waals surface area contributed by atoms with Crippen LogP contribution in [0.5, 0.6) is 0 Å². The van der Waals surface area contributed by atoms with E-state index >= 15 is 0 Å². The van der Waals surface area contributed by atoms with Crippen molar-refractivity contribution in [2.24, 2.45) is 0 Å². The summed E-state index contributed by atoms with van der Waals surface area (Å²) in [7, 11) is 0. The summed E-state index contributed by atoms with van der Waals surface area (Å²) in [6, 6.07) is 15.9. The van der Waals surface area contributed by atoms with Crippen molar-refractivity contribution >= 4 is 61.6 Å². The molecule has 2 nitrogen and oxygen atoms in total. The molecule has 2 aromatic carbocycles. The summed E-state index contributed by atoms with van der Waals surface area (Å²) in [6.07, 6.45) is 2.63. The van der Waals surface area contributed by atoms with E-state index in [1.165, 1.54) is 4.90 Å². The molecule has 0 heterocycles. The van der Waals surface area contributed by atoms with Gasteiger partial charge >= 0.3 is 5.97 Å². The maximum Gasteiger partial charge on any atom is 0.345 e. The third-order valence-corrected chi connectivity index (χ3v) is 6.13. The van der Waals surface area contributed by atoms with Gasteiger partial charge in [0.1, 0.15) is 0 Å². The summed E-state index contributed by atoms with van der Waals surface area (Å²) in [4.78, 5) is 14.1. The SMILES string of the molecule is C=C(CCCCSc1ccc(Br)cc1)C(=O)OSc1ccc(Br)cc1. The van der Waals surface area contributed by atoms with E-state index in [-0.39, 0.29) is 5.97 Å². The van der Waals surface area contributed by atoms with Crippen LogP contribution in [0.25, 0.3) is 0 Å². The third kappa shape index (κ3) is 8.03. The van der Waals surface area contributed by atoms with Gasteiger partial charge < -0.3 is 4.18 Å². The molecule has 25 heavy (non-hydrogen) atoms. The number of hydrogen-bond donors (Lipinski definition) is 0. The Morgan fingerprint density at radius 2 is 1.48 bits per heavy atom. The van der Waals surface area contributed by atoms with Gasteiger partial charge in [-0.15, -0.1) is 11.8 Å². The van der Waals surface area contributed by atoms with Crippen LogP contribution in [0.2, 0.25) is 0 Å². The zero-order valence-corrected chi connectivity index (χ0v) is 18.3. The first-order chi connectivity index (χ1) is 12.0. The summed E-state index contributed by atoms with van der Waals surface area (Å²) >= 11 is 9.70. The lowest BCUT2D eigenvalue weighted by molar-refractivity contribution is -0.129. The zero-order chi connectivity index (χ0) is 18.1. The van der Waals surface area contributed by atoms with E-state index in [2.05, 4.69) is 50.6 Å². The Kier molecular flexibility index (Phi) is 9.17. The summed E-state index contributed by atoms with van der Waals surface area (Å²) in [5, 5.41) is 0. The number of benzene rings is 2. The predicted octanol–water partition coefficient (Wildman–Crippen LogP) is 7.28. The lowest BCUT2D eigenvalue weighted by Gasteiger charge is -2.06. The zero-order valence-electron chi connectivity index (χ0n) is 13.5. The molecule has 0 unspecified atom stereocenters. The lowest BCUT2D eigenvalue weighted by atomic mass is 10.1. The molecule has 0 fully saturated rings. The van der Waals surface area contributed by atoms with Gasteiger partial charge in [-0.05, 0) is 73.5 Å². The fraction of sp³-hybridized carbons (Fsp3) is 0.211. The Labute approximate surface area is 174 Å². The number of unbranched alkanes of at least 4 members (excludes halogenated alkanes) is 1. The molecule has 0 saturated carbocycles. The van der Waals surface area contributed by atoms with E-state index in [0.29, 0.717) is 12.0 Å². The van der Waals surface area contributed by atoms with Gasteiger partial charge in [-0.2, -0.15) is 0 Å². The van der Waals surface area contributed by atoms with Crippen LogP contribution in [0, 0.1) is 0 Å². The Bertz CT molecular complexity index is 700. The van der Waals surface area contributed by atoms with E-state index in [1.807, 2.05) is 48.2 Å². The van der Waals surface area contributed by atoms with Gasteiger partial charge in [-0.25, -0.2) is 4.79 Å². The van der Waals surface area contributed by atoms with Gasteiger partial charge in [0.15, 0.2) is 0 Å². The molecule has 132 valence electrons. The summed E-state index contributed by atoms with van der Waals surface area (Å²) in [6.45, 7) is 3.84. The molecular formula is C19H18Br2O2S2. The molecule has 0 amide bonds. The van der Waals surface area contributed by atoms with Gasteiger partial charge in [-0.1, -0.05) is 38.4 Å². The van der Waals surface area contributed by atoms with Crippen molar-refractivity contribution in [1.29, 1.82) is 0 Å². The average molecular weight is 502 g/mol. The molecule has 2 aromatic rings. The molecule has 0 saturated heterocycles. The molecule has 0 radical (unpaired) electrons. The molecule has 0 spiro atoms. The van der Waals surface area contributed by atoms with Crippen LogP contribution >= 0.6 is 55.7 Å². The maximum absolute atomic E-state index is 11.9. The van der Waals surface area contributed by atoms with Crippen LogP contribution in [0.3, 0.4) is 0 Å². The normalized spacial score (nSPS) is 10.5. The lowest BCUT2D eigenvalue weighted by Crippen LogP contribution is -2.02. The number of halogens is 2. The predicted molar refractivity (Wildman–Crippen MR) is 114 cm³/mol. The molecule has 0 N–H and O–H groups in total. The first kappa shape index (κ1) is 20.6. The van der Waals surface area contributed by atoms with E-state index in [9.17, 15) is 4.79 Å². The fourth-order valence-corrected chi connectivity index (χ4v) is 3.88. The number of thioether (sulfide) groups is 1. The smallest absolute Gasteiger partial charge is 0.345 e. The molecular weight excluding hydrogens is 484 g/mol. The molecule has 0 aromatic heterocycles. The van der Waals surface area contributed by atoms with Crippen molar-refractivity contribution < 1.29 is 8.98 Å². The minimum atomic E-state index is -0.339. The van der Waals surface area contributed by atoms with Crippen molar-refractivity contribution in [3.63, 3.8) is 0 Å². The highest BCUT2D eigenvalue weighted by Gasteiger charge is 2.10. The Morgan fingerprint density at radius 1 is 0.920 bits per heavy atom. The van der Waals surface area contributed by atoms with Crippen molar-refractivity contribution in [3.05, 3.63) is 69.6 Å². The number of carbonyl (C=O) groups is 1. The van der Waals surface area contributed by atoms with E-state index < -0.39 is 0 Å². The Balaban J connectivity index is 1.60. The first-order valence-electron chi connectivity index (χ1n) is 7.75. The van der Waals surface area contributed by atoms with Crippen LogP contribution in [-0.4, -0.2) is 11.7 Å². The quantitative estimate of drug-likeness (QED) is 0.156. The van der Waals surface area contributed by atoms with Crippen molar-refractivity contribution in [2.45, 2.75) is 29.1 Å². The second-order valence-corrected chi connectivity index (χ2v) is 9.08. The largest absolute Gasteiger partial charge is 0.383 e. The monoisotopic (exact) mass is 500 g/mol. The van der Waals surface area contributed by atoms with Gasteiger partial charge in [-0.3, -0.25) is 0 Å². The second-order valence-electron chi connectivity index (χ2n) is 5.27. The van der Waals surface area contributed by atoms with Gasteiger partial charge in [0.2, 0.25) is 0 Å². The maximum atomic E-state index is 11.9. The minimum Gasteiger partial charge on any atom is -0.383 e. The Morgan fingerprint density at radius 3 is 2.08 bits per heavy atom. The average Bonchev–Trinajstić information content (AvgIpc) is 2.62. The fourth-order valence-electron chi connectivity index (χ4n) is 1.90. The Hall–Kier alpha value is -0.690. The minimum absolute atomic E-state index is 0.339. The van der Waals surface area contributed by atoms with Gasteiger partial charge in [0.25, 0.3) is 0 Å². The highest BCUT2D eigenvalue weighted by molar-refractivity contribution is 9.10. The summed E-state index contributed by atoms with van der Waals surface area (Å²) in [5.41, 5.74) is 0.526. The summed E-state index contributed by atoms with van der Waals surface area (Å²) < 4.78 is 7.31. The van der Waals surface area contributed by atoms with Crippen LogP contribution < -0.4 is 0 Å². The molecule has 2 rings (SSSR count). The molecule has 0 aliphatic rings. The van der Waals surface area contributed by atoms with Crippen molar-refractivity contribution in [2.75, 3.05) is 5.75 Å². The number of rotatable bonds is 9. The van der Waals surface area contributed by atoms with E-state index in [1.54, 1.807) is 0 Å². The van der Waals surface area contributed by atoms with Crippen LogP contribution in [0.15, 0.2) is 79.4 Å². The van der Waals surface area contributed by atoms with Crippen LogP contribution in [0.1, 0.15) is 19.3 Å². The van der Waals surface area contributed by atoms with Crippen LogP contribution in [0.4, 0.5) is 0 Å². The topological polar surface area (TPSA) is 26.3 Å². The third-order valence-electron chi connectivity index (χ3n) is 3.27. The highest BCUT2D eigenvalue weighted by Crippen LogP contribution is 2.24. The number of hydrogen-bond acceptors (Lipinski definition) is 4. The van der Waals surface area contributed by atoms with Gasteiger partial charge in [0, 0.05) is 24.3 Å². The molecule has 0 aliphatic heterocycles. The second kappa shape index (κ2) is 11.1. The highest BCUT2D eigenvalue weighted by atomic mass is 79.9. The van der Waals surface area contributed by atoms with Crippen molar-refractivity contribution in [3.8, 4) is 0 Å². The van der Waals surface area contributed by atoms with Crippen LogP contribution in [-0.2, 0) is 8.98 Å². The van der Waals surface area contributed by atoms with Gasteiger partial charge in [0.05, 0.1) is 12.0 Å². The van der Waals surface area contributed by atoms with Crippen molar-refractivity contribution in [1.82, 2.24) is 0 Å². The molecule has 6 heteroatoms. The standard InChI is InChI=1S/C19H18Br2O2S2/c1-14(19(22)23-25-18-11-7-16(21)8-12-18)4-2-3-13-24-17-9-5-15(20)6-10-17/h5-12H,1-4,13H2. The summed E-state index contributed by atoms with van der Waals surface area (Å²) in [5.74, 6) is 0.686. The van der Waals surface area contributed by atoms with E-state index in [4.69, 9.17) is 4.18 Å². The molecule has 0 atom stereocenters.